The summed E-state index contributed by atoms with van der Waals surface area (Å²) in [5.74, 6) is -1.64. The molecule has 0 rings (SSSR count). The van der Waals surface area contributed by atoms with Crippen LogP contribution >= 0.6 is 0 Å². The van der Waals surface area contributed by atoms with Gasteiger partial charge in [-0.3, -0.25) is 14.4 Å². The summed E-state index contributed by atoms with van der Waals surface area (Å²) < 4.78 is 7.91. The van der Waals surface area contributed by atoms with E-state index in [9.17, 15) is 14.4 Å². The third-order valence-corrected chi connectivity index (χ3v) is 0.696. The summed E-state index contributed by atoms with van der Waals surface area (Å²) in [5.41, 5.74) is 0. The molecule has 0 spiro atoms. The first kappa shape index (κ1) is 24.0. The zero-order valence-corrected chi connectivity index (χ0v) is 5.33. The van der Waals surface area contributed by atoms with E-state index in [-0.39, 0.29) is 95.1 Å². The van der Waals surface area contributed by atoms with E-state index in [0.29, 0.717) is 0 Å². The standard InChI is InChI=1S/C5H6O5.3Na.3H/c1-9-4(7)2-5(8)10-3-6;;;;;;/h3H,2H2,1H3;;;;;;. The van der Waals surface area contributed by atoms with Gasteiger partial charge in [0, 0.05) is 0 Å². The summed E-state index contributed by atoms with van der Waals surface area (Å²) in [6.45, 7) is -0.0364. The Bertz CT molecular complexity index is 160. The topological polar surface area (TPSA) is 69.7 Å². The number of hydrogen-bond donors (Lipinski definition) is 0. The van der Waals surface area contributed by atoms with Gasteiger partial charge in [0.2, 0.25) is 0 Å². The molecule has 0 saturated carbocycles. The Labute approximate surface area is 142 Å². The third-order valence-electron chi connectivity index (χ3n) is 0.696. The Morgan fingerprint density at radius 3 is 1.92 bits per heavy atom. The number of carbonyl (C=O) groups excluding carboxylic acids is 3. The fourth-order valence-corrected chi connectivity index (χ4v) is 0.285. The first-order chi connectivity index (χ1) is 4.70. The van der Waals surface area contributed by atoms with Crippen molar-refractivity contribution in [3.63, 3.8) is 0 Å². The summed E-state index contributed by atoms with van der Waals surface area (Å²) in [5, 5.41) is 0. The molecule has 0 radical (unpaired) electrons. The molecular formula is C5H9Na3O5. The zero-order chi connectivity index (χ0) is 7.98. The minimum atomic E-state index is -0.915. The van der Waals surface area contributed by atoms with E-state index in [2.05, 4.69) is 9.47 Å². The van der Waals surface area contributed by atoms with Crippen LogP contribution in [-0.2, 0) is 23.9 Å². The SMILES string of the molecule is COC(=O)CC(=O)OC=O.[NaH].[NaH].[NaH]. The molecular weight excluding hydrogens is 209 g/mol. The minimum absolute atomic E-state index is 0. The van der Waals surface area contributed by atoms with Crippen molar-refractivity contribution in [2.45, 2.75) is 6.42 Å². The molecule has 0 aromatic carbocycles. The Kier molecular flexibility index (Phi) is 29.7. The molecule has 0 aromatic rings. The number of rotatable bonds is 3. The zero-order valence-electron chi connectivity index (χ0n) is 5.33. The fraction of sp³-hybridized carbons (Fsp3) is 0.400. The maximum atomic E-state index is 10.3. The van der Waals surface area contributed by atoms with Crippen molar-refractivity contribution in [2.75, 3.05) is 7.11 Å². The summed E-state index contributed by atoms with van der Waals surface area (Å²) in [6, 6.07) is 0. The van der Waals surface area contributed by atoms with Gasteiger partial charge in [-0.25, -0.2) is 0 Å². The number of methoxy groups -OCH3 is 1. The molecule has 0 unspecified atom stereocenters. The molecule has 13 heavy (non-hydrogen) atoms. The van der Waals surface area contributed by atoms with Gasteiger partial charge in [0.25, 0.3) is 0 Å². The van der Waals surface area contributed by atoms with E-state index in [0.717, 1.165) is 7.11 Å². The molecule has 0 atom stereocenters. The van der Waals surface area contributed by atoms with Crippen LogP contribution in [0.4, 0.5) is 0 Å². The Morgan fingerprint density at radius 2 is 1.62 bits per heavy atom. The average Bonchev–Trinajstić information content (AvgIpc) is 1.88. The predicted octanol–water partition coefficient (Wildman–Crippen LogP) is -2.70. The van der Waals surface area contributed by atoms with E-state index in [1.807, 2.05) is 0 Å². The number of ether oxygens (including phenoxy) is 2. The Hall–Kier alpha value is 1.61. The molecule has 0 aliphatic carbocycles. The first-order valence-electron chi connectivity index (χ1n) is 2.40. The summed E-state index contributed by atoms with van der Waals surface area (Å²) in [6.07, 6.45) is -0.533. The van der Waals surface area contributed by atoms with E-state index in [4.69, 9.17) is 0 Å². The van der Waals surface area contributed by atoms with Crippen molar-refractivity contribution in [2.24, 2.45) is 0 Å². The number of esters is 2. The molecule has 0 amide bonds. The third kappa shape index (κ3) is 16.3. The van der Waals surface area contributed by atoms with Gasteiger partial charge in [0.15, 0.2) is 0 Å². The Balaban J connectivity index is -0.000000135. The average molecular weight is 218 g/mol. The van der Waals surface area contributed by atoms with Gasteiger partial charge in [-0.2, -0.15) is 0 Å². The predicted molar refractivity (Wildman–Crippen MR) is 50.2 cm³/mol. The van der Waals surface area contributed by atoms with Gasteiger partial charge >= 0.3 is 107 Å². The number of carbonyl (C=O) groups is 3. The van der Waals surface area contributed by atoms with E-state index in [1.165, 1.54) is 0 Å². The summed E-state index contributed by atoms with van der Waals surface area (Å²) >= 11 is 0. The molecule has 0 N–H and O–H groups in total. The quantitative estimate of drug-likeness (QED) is 0.223. The second kappa shape index (κ2) is 16.1. The van der Waals surface area contributed by atoms with Crippen LogP contribution in [-0.4, -0.2) is 114 Å². The van der Waals surface area contributed by atoms with Crippen LogP contribution in [0.5, 0.6) is 0 Å². The molecule has 0 saturated heterocycles. The van der Waals surface area contributed by atoms with Crippen molar-refractivity contribution in [1.29, 1.82) is 0 Å². The molecule has 0 heterocycles. The molecule has 5 nitrogen and oxygen atoms in total. The molecule has 62 valence electrons. The van der Waals surface area contributed by atoms with Gasteiger partial charge in [-0.05, 0) is 0 Å². The van der Waals surface area contributed by atoms with Crippen LogP contribution in [0, 0.1) is 0 Å². The second-order valence-electron chi connectivity index (χ2n) is 1.34. The first-order valence-corrected chi connectivity index (χ1v) is 2.40. The monoisotopic (exact) mass is 218 g/mol. The van der Waals surface area contributed by atoms with Crippen LogP contribution in [0.2, 0.25) is 0 Å². The molecule has 0 bridgehead atoms. The second-order valence-corrected chi connectivity index (χ2v) is 1.34. The molecule has 0 aromatic heterocycles. The summed E-state index contributed by atoms with van der Waals surface area (Å²) in [4.78, 5) is 30.0. The van der Waals surface area contributed by atoms with E-state index < -0.39 is 18.4 Å². The van der Waals surface area contributed by atoms with Crippen molar-refractivity contribution in [3.05, 3.63) is 0 Å². The summed E-state index contributed by atoms with van der Waals surface area (Å²) in [7, 11) is 1.14. The van der Waals surface area contributed by atoms with Crippen molar-refractivity contribution in [1.82, 2.24) is 0 Å². The van der Waals surface area contributed by atoms with Crippen LogP contribution in [0.25, 0.3) is 0 Å². The van der Waals surface area contributed by atoms with Crippen molar-refractivity contribution in [3.8, 4) is 0 Å². The van der Waals surface area contributed by atoms with Crippen molar-refractivity contribution >= 4 is 107 Å². The van der Waals surface area contributed by atoms with Crippen LogP contribution in [0.15, 0.2) is 0 Å². The van der Waals surface area contributed by atoms with Crippen LogP contribution in [0.3, 0.4) is 0 Å². The van der Waals surface area contributed by atoms with Gasteiger partial charge in [-0.1, -0.05) is 0 Å². The van der Waals surface area contributed by atoms with Gasteiger partial charge in [-0.15, -0.1) is 0 Å². The Morgan fingerprint density at radius 1 is 1.15 bits per heavy atom. The van der Waals surface area contributed by atoms with Gasteiger partial charge < -0.3 is 9.47 Å². The van der Waals surface area contributed by atoms with E-state index in [1.54, 1.807) is 0 Å². The fourth-order valence-electron chi connectivity index (χ4n) is 0.285. The molecule has 0 aliphatic rings. The van der Waals surface area contributed by atoms with Crippen LogP contribution < -0.4 is 0 Å². The van der Waals surface area contributed by atoms with Crippen molar-refractivity contribution < 1.29 is 23.9 Å². The molecule has 0 fully saturated rings. The molecule has 0 aliphatic heterocycles. The van der Waals surface area contributed by atoms with Crippen LogP contribution in [0.1, 0.15) is 6.42 Å². The van der Waals surface area contributed by atoms with Gasteiger partial charge in [0.05, 0.1) is 7.11 Å². The van der Waals surface area contributed by atoms with Gasteiger partial charge in [0.1, 0.15) is 6.42 Å². The van der Waals surface area contributed by atoms with E-state index >= 15 is 0 Å². The molecule has 8 heteroatoms. The maximum absolute atomic E-state index is 10.3. The normalized spacial score (nSPS) is 6.23. The number of hydrogen-bond acceptors (Lipinski definition) is 5.